The van der Waals surface area contributed by atoms with Crippen LogP contribution in [-0.4, -0.2) is 21.1 Å². The summed E-state index contributed by atoms with van der Waals surface area (Å²) in [5.41, 5.74) is 3.29. The molecule has 4 heteroatoms. The maximum Gasteiger partial charge on any atom is 0.155 e. The third-order valence-corrected chi connectivity index (χ3v) is 3.57. The second kappa shape index (κ2) is 6.50. The van der Waals surface area contributed by atoms with Gasteiger partial charge in [-0.2, -0.15) is 5.10 Å². The van der Waals surface area contributed by atoms with Crippen LogP contribution >= 0.6 is 0 Å². The Bertz CT molecular complexity index is 690. The third kappa shape index (κ3) is 3.28. The number of aromatic nitrogens is 3. The largest absolute Gasteiger partial charge is 0.310 e. The van der Waals surface area contributed by atoms with Crippen LogP contribution in [0.5, 0.6) is 0 Å². The number of nitrogens with zero attached hydrogens (tertiary/aromatic N) is 3. The van der Waals surface area contributed by atoms with Crippen molar-refractivity contribution in [2.24, 2.45) is 0 Å². The van der Waals surface area contributed by atoms with Crippen molar-refractivity contribution in [1.29, 1.82) is 0 Å². The average Bonchev–Trinajstić information content (AvgIpc) is 3.00. The standard InChI is InChI=1S/C17H20N4/c1-2-10-18-16(14-6-4-3-5-7-14)13-15-9-12-21-17(20-15)8-11-19-21/h3-9,11-12,16,18H,2,10,13H2,1H3. The molecule has 2 heterocycles. The predicted octanol–water partition coefficient (Wildman–Crippen LogP) is 3.01. The Labute approximate surface area is 124 Å². The van der Waals surface area contributed by atoms with Gasteiger partial charge >= 0.3 is 0 Å². The van der Waals surface area contributed by atoms with Crippen LogP contribution in [0, 0.1) is 0 Å². The van der Waals surface area contributed by atoms with E-state index in [9.17, 15) is 0 Å². The van der Waals surface area contributed by atoms with Crippen LogP contribution in [0.4, 0.5) is 0 Å². The molecule has 1 unspecified atom stereocenters. The predicted molar refractivity (Wildman–Crippen MR) is 84.2 cm³/mol. The molecule has 0 aliphatic carbocycles. The van der Waals surface area contributed by atoms with Gasteiger partial charge in [-0.15, -0.1) is 0 Å². The molecule has 0 amide bonds. The summed E-state index contributed by atoms with van der Waals surface area (Å²) in [6, 6.07) is 14.8. The molecule has 0 aliphatic rings. The topological polar surface area (TPSA) is 42.2 Å². The number of nitrogens with one attached hydrogen (secondary N) is 1. The number of rotatable bonds is 6. The average molecular weight is 280 g/mol. The fraction of sp³-hybridized carbons (Fsp3) is 0.294. The van der Waals surface area contributed by atoms with Crippen molar-refractivity contribution in [2.75, 3.05) is 6.54 Å². The van der Waals surface area contributed by atoms with E-state index < -0.39 is 0 Å². The SMILES string of the molecule is CCCNC(Cc1ccn2nccc2n1)c1ccccc1. The quantitative estimate of drug-likeness (QED) is 0.754. The highest BCUT2D eigenvalue weighted by Gasteiger charge is 2.12. The zero-order valence-corrected chi connectivity index (χ0v) is 12.2. The minimum absolute atomic E-state index is 0.295. The summed E-state index contributed by atoms with van der Waals surface area (Å²) in [6.45, 7) is 3.19. The molecule has 0 spiro atoms. The van der Waals surface area contributed by atoms with E-state index in [1.165, 1.54) is 5.56 Å². The maximum atomic E-state index is 4.67. The first-order valence-corrected chi connectivity index (χ1v) is 7.44. The first kappa shape index (κ1) is 13.8. The van der Waals surface area contributed by atoms with Gasteiger partial charge in [0, 0.05) is 30.4 Å². The van der Waals surface area contributed by atoms with Gasteiger partial charge in [0.05, 0.1) is 6.20 Å². The lowest BCUT2D eigenvalue weighted by molar-refractivity contribution is 0.524. The molecule has 21 heavy (non-hydrogen) atoms. The van der Waals surface area contributed by atoms with Gasteiger partial charge in [-0.1, -0.05) is 37.3 Å². The van der Waals surface area contributed by atoms with E-state index in [0.717, 1.165) is 30.7 Å². The molecule has 1 N–H and O–H groups in total. The number of fused-ring (bicyclic) bond motifs is 1. The van der Waals surface area contributed by atoms with Crippen molar-refractivity contribution in [3.63, 3.8) is 0 Å². The molecule has 0 fully saturated rings. The van der Waals surface area contributed by atoms with Crippen molar-refractivity contribution >= 4 is 5.65 Å². The van der Waals surface area contributed by atoms with Crippen molar-refractivity contribution in [2.45, 2.75) is 25.8 Å². The molecule has 0 saturated heterocycles. The zero-order chi connectivity index (χ0) is 14.5. The normalized spacial score (nSPS) is 12.6. The van der Waals surface area contributed by atoms with Crippen LogP contribution in [0.15, 0.2) is 54.9 Å². The molecule has 0 bridgehead atoms. The molecular weight excluding hydrogens is 260 g/mol. The second-order valence-electron chi connectivity index (χ2n) is 5.17. The van der Waals surface area contributed by atoms with Crippen LogP contribution < -0.4 is 5.32 Å². The van der Waals surface area contributed by atoms with E-state index >= 15 is 0 Å². The highest BCUT2D eigenvalue weighted by molar-refractivity contribution is 5.36. The number of hydrogen-bond donors (Lipinski definition) is 1. The molecule has 2 aromatic heterocycles. The highest BCUT2D eigenvalue weighted by Crippen LogP contribution is 2.17. The molecule has 1 aromatic carbocycles. The van der Waals surface area contributed by atoms with Gasteiger partial charge in [-0.05, 0) is 24.6 Å². The summed E-state index contributed by atoms with van der Waals surface area (Å²) in [7, 11) is 0. The van der Waals surface area contributed by atoms with E-state index in [4.69, 9.17) is 0 Å². The molecule has 3 aromatic rings. The lowest BCUT2D eigenvalue weighted by Gasteiger charge is -2.18. The van der Waals surface area contributed by atoms with Crippen molar-refractivity contribution in [3.05, 3.63) is 66.1 Å². The van der Waals surface area contributed by atoms with E-state index in [-0.39, 0.29) is 0 Å². The molecule has 108 valence electrons. The molecule has 3 rings (SSSR count). The van der Waals surface area contributed by atoms with E-state index in [0.29, 0.717) is 6.04 Å². The van der Waals surface area contributed by atoms with Crippen LogP contribution in [0.2, 0.25) is 0 Å². The van der Waals surface area contributed by atoms with Gasteiger partial charge in [0.1, 0.15) is 0 Å². The molecule has 1 atom stereocenters. The number of benzene rings is 1. The summed E-state index contributed by atoms with van der Waals surface area (Å²) in [5, 5.41) is 7.80. The van der Waals surface area contributed by atoms with Crippen LogP contribution in [-0.2, 0) is 6.42 Å². The fourth-order valence-electron chi connectivity index (χ4n) is 2.49. The lowest BCUT2D eigenvalue weighted by Crippen LogP contribution is -2.24. The molecule has 4 nitrogen and oxygen atoms in total. The van der Waals surface area contributed by atoms with Gasteiger partial charge in [0.2, 0.25) is 0 Å². The van der Waals surface area contributed by atoms with E-state index in [2.05, 4.69) is 52.7 Å². The Morgan fingerprint density at radius 1 is 1.14 bits per heavy atom. The lowest BCUT2D eigenvalue weighted by atomic mass is 10.0. The molecule has 0 saturated carbocycles. The minimum Gasteiger partial charge on any atom is -0.310 e. The fourth-order valence-corrected chi connectivity index (χ4v) is 2.49. The Morgan fingerprint density at radius 2 is 2.00 bits per heavy atom. The number of hydrogen-bond acceptors (Lipinski definition) is 3. The van der Waals surface area contributed by atoms with Crippen LogP contribution in [0.3, 0.4) is 0 Å². The van der Waals surface area contributed by atoms with Gasteiger partial charge in [-0.3, -0.25) is 0 Å². The van der Waals surface area contributed by atoms with Crippen molar-refractivity contribution in [1.82, 2.24) is 19.9 Å². The van der Waals surface area contributed by atoms with E-state index in [1.807, 2.05) is 18.3 Å². The Morgan fingerprint density at radius 3 is 2.81 bits per heavy atom. The molecule has 0 radical (unpaired) electrons. The summed E-state index contributed by atoms with van der Waals surface area (Å²) in [5.74, 6) is 0. The third-order valence-electron chi connectivity index (χ3n) is 3.57. The monoisotopic (exact) mass is 280 g/mol. The maximum absolute atomic E-state index is 4.67. The second-order valence-corrected chi connectivity index (χ2v) is 5.17. The van der Waals surface area contributed by atoms with E-state index in [1.54, 1.807) is 10.7 Å². The molecular formula is C17H20N4. The Kier molecular flexibility index (Phi) is 4.26. The smallest absolute Gasteiger partial charge is 0.155 e. The van der Waals surface area contributed by atoms with Gasteiger partial charge in [0.25, 0.3) is 0 Å². The van der Waals surface area contributed by atoms with Crippen LogP contribution in [0.1, 0.15) is 30.6 Å². The van der Waals surface area contributed by atoms with Gasteiger partial charge in [0.15, 0.2) is 5.65 Å². The Balaban J connectivity index is 1.82. The highest BCUT2D eigenvalue weighted by atomic mass is 15.2. The van der Waals surface area contributed by atoms with Crippen LogP contribution in [0.25, 0.3) is 5.65 Å². The van der Waals surface area contributed by atoms with Crippen molar-refractivity contribution < 1.29 is 0 Å². The summed E-state index contributed by atoms with van der Waals surface area (Å²) in [4.78, 5) is 4.67. The Hall–Kier alpha value is -2.20. The van der Waals surface area contributed by atoms with Gasteiger partial charge < -0.3 is 5.32 Å². The van der Waals surface area contributed by atoms with Gasteiger partial charge in [-0.25, -0.2) is 9.50 Å². The summed E-state index contributed by atoms with van der Waals surface area (Å²) < 4.78 is 1.79. The minimum atomic E-state index is 0.295. The summed E-state index contributed by atoms with van der Waals surface area (Å²) >= 11 is 0. The first-order chi connectivity index (χ1) is 10.4. The first-order valence-electron chi connectivity index (χ1n) is 7.44. The summed E-state index contributed by atoms with van der Waals surface area (Å²) in [6.07, 6.45) is 5.75. The van der Waals surface area contributed by atoms with Crippen molar-refractivity contribution in [3.8, 4) is 0 Å². The molecule has 0 aliphatic heterocycles. The zero-order valence-electron chi connectivity index (χ0n) is 12.2.